The van der Waals surface area contributed by atoms with Crippen LogP contribution in [-0.2, 0) is 11.3 Å². The standard InChI is InChI=1S/C17H21N5O2S/c23-16(12-25-17-18-19-20-22(17)14-8-9-14)21(11-15-7-4-10-24-15)13-5-2-1-3-6-13/h4-5,7,10,14H,1-3,6,8-9,11-12H2. The topological polar surface area (TPSA) is 77.1 Å². The molecule has 0 bridgehead atoms. The molecule has 0 atom stereocenters. The van der Waals surface area contributed by atoms with Gasteiger partial charge in [0.2, 0.25) is 11.1 Å². The summed E-state index contributed by atoms with van der Waals surface area (Å²) in [6, 6.07) is 4.17. The van der Waals surface area contributed by atoms with Gasteiger partial charge < -0.3 is 9.32 Å². The molecule has 1 saturated carbocycles. The monoisotopic (exact) mass is 359 g/mol. The summed E-state index contributed by atoms with van der Waals surface area (Å²) in [5.74, 6) is 1.19. The number of carbonyl (C=O) groups is 1. The van der Waals surface area contributed by atoms with Crippen LogP contribution in [0.3, 0.4) is 0 Å². The van der Waals surface area contributed by atoms with Gasteiger partial charge in [0.15, 0.2) is 0 Å². The predicted octanol–water partition coefficient (Wildman–Crippen LogP) is 3.18. The van der Waals surface area contributed by atoms with Crippen LogP contribution >= 0.6 is 11.8 Å². The van der Waals surface area contributed by atoms with Crippen LogP contribution in [0.5, 0.6) is 0 Å². The Bertz CT molecular complexity index is 751. The van der Waals surface area contributed by atoms with E-state index in [1.165, 1.54) is 18.2 Å². The van der Waals surface area contributed by atoms with E-state index in [-0.39, 0.29) is 5.91 Å². The highest BCUT2D eigenvalue weighted by Gasteiger charge is 2.29. The van der Waals surface area contributed by atoms with Crippen LogP contribution in [0, 0.1) is 0 Å². The van der Waals surface area contributed by atoms with E-state index in [9.17, 15) is 4.79 Å². The molecule has 0 unspecified atom stereocenters. The maximum Gasteiger partial charge on any atom is 0.237 e. The highest BCUT2D eigenvalue weighted by Crippen LogP contribution is 2.36. The highest BCUT2D eigenvalue weighted by molar-refractivity contribution is 7.99. The first kappa shape index (κ1) is 16.4. The molecular weight excluding hydrogens is 338 g/mol. The van der Waals surface area contributed by atoms with Gasteiger partial charge in [-0.05, 0) is 61.1 Å². The Morgan fingerprint density at radius 2 is 2.32 bits per heavy atom. The Morgan fingerprint density at radius 3 is 3.04 bits per heavy atom. The van der Waals surface area contributed by atoms with E-state index >= 15 is 0 Å². The lowest BCUT2D eigenvalue weighted by Gasteiger charge is -2.27. The van der Waals surface area contributed by atoms with Crippen molar-refractivity contribution in [2.75, 3.05) is 5.75 Å². The van der Waals surface area contributed by atoms with Crippen LogP contribution < -0.4 is 0 Å². The summed E-state index contributed by atoms with van der Waals surface area (Å²) >= 11 is 1.41. The van der Waals surface area contributed by atoms with Crippen molar-refractivity contribution in [1.82, 2.24) is 25.1 Å². The second kappa shape index (κ2) is 7.43. The molecule has 4 rings (SSSR count). The van der Waals surface area contributed by atoms with Gasteiger partial charge in [-0.1, -0.05) is 17.8 Å². The third-order valence-electron chi connectivity index (χ3n) is 4.49. The Morgan fingerprint density at radius 1 is 1.40 bits per heavy atom. The van der Waals surface area contributed by atoms with Crippen LogP contribution in [0.4, 0.5) is 0 Å². The minimum absolute atomic E-state index is 0.0693. The SMILES string of the molecule is O=C(CSc1nnnn1C1CC1)N(Cc1ccco1)C1=CCCCC1. The number of nitrogens with zero attached hydrogens (tertiary/aromatic N) is 5. The van der Waals surface area contributed by atoms with Crippen molar-refractivity contribution in [1.29, 1.82) is 0 Å². The molecule has 7 nitrogen and oxygen atoms in total. The van der Waals surface area contributed by atoms with Crippen LogP contribution in [0.25, 0.3) is 0 Å². The summed E-state index contributed by atoms with van der Waals surface area (Å²) in [6.45, 7) is 0.478. The number of aromatic nitrogens is 4. The first-order chi connectivity index (χ1) is 12.3. The van der Waals surface area contributed by atoms with Gasteiger partial charge in [0, 0.05) is 5.70 Å². The molecule has 2 heterocycles. The van der Waals surface area contributed by atoms with Crippen molar-refractivity contribution in [2.45, 2.75) is 56.3 Å². The van der Waals surface area contributed by atoms with Gasteiger partial charge in [0.05, 0.1) is 24.6 Å². The average molecular weight is 359 g/mol. The Kier molecular flexibility index (Phi) is 4.87. The van der Waals surface area contributed by atoms with E-state index in [4.69, 9.17) is 4.42 Å². The fourth-order valence-corrected chi connectivity index (χ4v) is 3.83. The summed E-state index contributed by atoms with van der Waals surface area (Å²) in [7, 11) is 0. The molecule has 0 radical (unpaired) electrons. The molecule has 1 amide bonds. The Labute approximate surface area is 150 Å². The van der Waals surface area contributed by atoms with Crippen molar-refractivity contribution in [3.63, 3.8) is 0 Å². The predicted molar refractivity (Wildman–Crippen MR) is 92.6 cm³/mol. The van der Waals surface area contributed by atoms with E-state index in [2.05, 4.69) is 21.6 Å². The summed E-state index contributed by atoms with van der Waals surface area (Å²) in [5, 5.41) is 12.6. The van der Waals surface area contributed by atoms with Crippen molar-refractivity contribution < 1.29 is 9.21 Å². The van der Waals surface area contributed by atoms with E-state index in [0.29, 0.717) is 18.3 Å². The number of thioether (sulfide) groups is 1. The quantitative estimate of drug-likeness (QED) is 0.707. The second-order valence-electron chi connectivity index (χ2n) is 6.43. The molecule has 0 N–H and O–H groups in total. The lowest BCUT2D eigenvalue weighted by Crippen LogP contribution is -2.32. The zero-order valence-electron chi connectivity index (χ0n) is 14.0. The first-order valence-electron chi connectivity index (χ1n) is 8.74. The molecule has 25 heavy (non-hydrogen) atoms. The number of tetrazole rings is 1. The lowest BCUT2D eigenvalue weighted by atomic mass is 10.0. The molecule has 2 aliphatic rings. The largest absolute Gasteiger partial charge is 0.467 e. The molecule has 132 valence electrons. The van der Waals surface area contributed by atoms with Gasteiger partial charge in [-0.15, -0.1) is 5.10 Å². The fourth-order valence-electron chi connectivity index (χ4n) is 3.01. The summed E-state index contributed by atoms with van der Waals surface area (Å²) in [6.07, 6.45) is 10.3. The van der Waals surface area contributed by atoms with Gasteiger partial charge in [-0.25, -0.2) is 4.68 Å². The van der Waals surface area contributed by atoms with E-state index in [0.717, 1.165) is 48.7 Å². The van der Waals surface area contributed by atoms with Crippen LogP contribution in [0.1, 0.15) is 50.3 Å². The smallest absolute Gasteiger partial charge is 0.237 e. The van der Waals surface area contributed by atoms with Gasteiger partial charge >= 0.3 is 0 Å². The number of hydrogen-bond acceptors (Lipinski definition) is 6. The fraction of sp³-hybridized carbons (Fsp3) is 0.529. The van der Waals surface area contributed by atoms with Crippen molar-refractivity contribution in [3.05, 3.63) is 35.9 Å². The molecule has 0 spiro atoms. The van der Waals surface area contributed by atoms with Crippen molar-refractivity contribution in [3.8, 4) is 0 Å². The summed E-state index contributed by atoms with van der Waals surface area (Å²) in [5.41, 5.74) is 1.11. The van der Waals surface area contributed by atoms with Gasteiger partial charge in [-0.3, -0.25) is 4.79 Å². The van der Waals surface area contributed by atoms with Gasteiger partial charge in [0.25, 0.3) is 0 Å². The first-order valence-corrected chi connectivity index (χ1v) is 9.72. The van der Waals surface area contributed by atoms with E-state index in [1.807, 2.05) is 21.7 Å². The molecule has 8 heteroatoms. The minimum atomic E-state index is 0.0693. The zero-order valence-corrected chi connectivity index (χ0v) is 14.8. The molecule has 0 aromatic carbocycles. The minimum Gasteiger partial charge on any atom is -0.467 e. The molecule has 1 fully saturated rings. The maximum atomic E-state index is 12.9. The number of rotatable bonds is 7. The second-order valence-corrected chi connectivity index (χ2v) is 7.37. The van der Waals surface area contributed by atoms with Crippen LogP contribution in [-0.4, -0.2) is 36.8 Å². The van der Waals surface area contributed by atoms with Crippen LogP contribution in [0.2, 0.25) is 0 Å². The number of amides is 1. The maximum absolute atomic E-state index is 12.9. The zero-order chi connectivity index (χ0) is 17.1. The van der Waals surface area contributed by atoms with Crippen LogP contribution in [0.15, 0.2) is 39.7 Å². The van der Waals surface area contributed by atoms with Gasteiger partial charge in [-0.2, -0.15) is 0 Å². The van der Waals surface area contributed by atoms with Gasteiger partial charge in [0.1, 0.15) is 5.76 Å². The molecule has 2 aliphatic carbocycles. The summed E-state index contributed by atoms with van der Waals surface area (Å²) in [4.78, 5) is 14.8. The number of carbonyl (C=O) groups excluding carboxylic acids is 1. The number of hydrogen-bond donors (Lipinski definition) is 0. The summed E-state index contributed by atoms with van der Waals surface area (Å²) < 4.78 is 7.29. The third-order valence-corrected chi connectivity index (χ3v) is 5.41. The number of furan rings is 1. The average Bonchev–Trinajstić information content (AvgIpc) is 3.16. The molecule has 0 saturated heterocycles. The Balaban J connectivity index is 1.44. The highest BCUT2D eigenvalue weighted by atomic mass is 32.2. The number of allylic oxidation sites excluding steroid dienone is 2. The normalized spacial score (nSPS) is 17.4. The van der Waals surface area contributed by atoms with E-state index < -0.39 is 0 Å². The molecule has 2 aromatic rings. The molecule has 0 aliphatic heterocycles. The third kappa shape index (κ3) is 3.95. The van der Waals surface area contributed by atoms with E-state index in [1.54, 1.807) is 6.26 Å². The van der Waals surface area contributed by atoms with Crippen molar-refractivity contribution in [2.24, 2.45) is 0 Å². The lowest BCUT2D eigenvalue weighted by molar-refractivity contribution is -0.127. The molecule has 2 aromatic heterocycles. The Hall–Kier alpha value is -2.09. The molecular formula is C17H21N5O2S. The van der Waals surface area contributed by atoms with Crippen molar-refractivity contribution >= 4 is 17.7 Å².